The number of nitrogens with zero attached hydrogens (tertiary/aromatic N) is 2. The minimum absolute atomic E-state index is 0.109. The van der Waals surface area contributed by atoms with Crippen molar-refractivity contribution in [3.05, 3.63) is 35.9 Å². The maximum atomic E-state index is 12.5. The van der Waals surface area contributed by atoms with E-state index in [2.05, 4.69) is 16.8 Å². The number of hydrogen-bond acceptors (Lipinski definition) is 5. The Kier molecular flexibility index (Phi) is 4.99. The highest BCUT2D eigenvalue weighted by atomic mass is 16.5. The van der Waals surface area contributed by atoms with Crippen LogP contribution >= 0.6 is 0 Å². The summed E-state index contributed by atoms with van der Waals surface area (Å²) in [6.07, 6.45) is 2.03. The van der Waals surface area contributed by atoms with E-state index < -0.39 is 0 Å². The van der Waals surface area contributed by atoms with E-state index in [1.807, 2.05) is 30.3 Å². The van der Waals surface area contributed by atoms with E-state index >= 15 is 0 Å². The maximum Gasteiger partial charge on any atom is 0.327 e. The molecule has 1 aromatic rings. The summed E-state index contributed by atoms with van der Waals surface area (Å²) in [4.78, 5) is 17.2. The predicted octanol–water partition coefficient (Wildman–Crippen LogP) is 1.70. The number of hydrogen-bond donors (Lipinski definition) is 0. The molecule has 1 unspecified atom stereocenters. The van der Waals surface area contributed by atoms with Crippen LogP contribution in [0.3, 0.4) is 0 Å². The van der Waals surface area contributed by atoms with Crippen LogP contribution in [0.2, 0.25) is 0 Å². The lowest BCUT2D eigenvalue weighted by molar-refractivity contribution is -0.151. The van der Waals surface area contributed by atoms with Gasteiger partial charge in [0.15, 0.2) is 0 Å². The Morgan fingerprint density at radius 1 is 1.22 bits per heavy atom. The third-order valence-electron chi connectivity index (χ3n) is 5.36. The lowest BCUT2D eigenvalue weighted by Crippen LogP contribution is -2.63. The highest BCUT2D eigenvalue weighted by molar-refractivity contribution is 5.77. The van der Waals surface area contributed by atoms with Crippen LogP contribution in [0, 0.1) is 0 Å². The molecule has 1 spiro atoms. The first-order valence-electron chi connectivity index (χ1n) is 8.32. The smallest absolute Gasteiger partial charge is 0.327 e. The molecule has 0 bridgehead atoms. The Morgan fingerprint density at radius 2 is 1.91 bits per heavy atom. The number of carbonyl (C=O) groups excluding carboxylic acids is 1. The number of likely N-dealkylation sites (N-methyl/N-ethyl adjacent to an activating group) is 1. The second-order valence-corrected chi connectivity index (χ2v) is 6.57. The van der Waals surface area contributed by atoms with Crippen LogP contribution in [0.15, 0.2) is 30.3 Å². The second kappa shape index (κ2) is 6.99. The summed E-state index contributed by atoms with van der Waals surface area (Å²) in [5.41, 5.74) is 1.11. The zero-order valence-corrected chi connectivity index (χ0v) is 14.0. The van der Waals surface area contributed by atoms with Gasteiger partial charge in [-0.25, -0.2) is 4.79 Å². The van der Waals surface area contributed by atoms with Crippen molar-refractivity contribution in [2.75, 3.05) is 47.0 Å². The summed E-state index contributed by atoms with van der Waals surface area (Å²) in [5, 5.41) is 0. The summed E-state index contributed by atoms with van der Waals surface area (Å²) in [7, 11) is 3.66. The quantitative estimate of drug-likeness (QED) is 0.794. The van der Waals surface area contributed by atoms with Crippen molar-refractivity contribution < 1.29 is 14.3 Å². The van der Waals surface area contributed by atoms with Crippen LogP contribution < -0.4 is 0 Å². The van der Waals surface area contributed by atoms with Crippen molar-refractivity contribution in [3.63, 3.8) is 0 Å². The van der Waals surface area contributed by atoms with Gasteiger partial charge in [0.25, 0.3) is 0 Å². The molecule has 5 nitrogen and oxygen atoms in total. The number of esters is 1. The molecule has 0 saturated carbocycles. The predicted molar refractivity (Wildman–Crippen MR) is 88.2 cm³/mol. The van der Waals surface area contributed by atoms with Crippen molar-refractivity contribution in [1.82, 2.24) is 9.80 Å². The van der Waals surface area contributed by atoms with Gasteiger partial charge in [-0.3, -0.25) is 9.80 Å². The van der Waals surface area contributed by atoms with Gasteiger partial charge in [0.05, 0.1) is 7.11 Å². The zero-order chi connectivity index (χ0) is 16.3. The third-order valence-corrected chi connectivity index (χ3v) is 5.36. The van der Waals surface area contributed by atoms with Gasteiger partial charge in [-0.2, -0.15) is 0 Å². The first kappa shape index (κ1) is 16.4. The molecule has 2 aliphatic heterocycles. The number of benzene rings is 1. The van der Waals surface area contributed by atoms with Crippen molar-refractivity contribution >= 4 is 5.97 Å². The zero-order valence-electron chi connectivity index (χ0n) is 14.0. The molecular formula is C18H26N2O3. The monoisotopic (exact) mass is 318 g/mol. The number of rotatable bonds is 3. The van der Waals surface area contributed by atoms with Gasteiger partial charge in [-0.15, -0.1) is 0 Å². The molecule has 2 heterocycles. The van der Waals surface area contributed by atoms with Gasteiger partial charge in [-0.05, 0) is 25.5 Å². The molecule has 1 aromatic carbocycles. The molecule has 0 amide bonds. The summed E-state index contributed by atoms with van der Waals surface area (Å²) in [6.45, 7) is 4.30. The largest absolute Gasteiger partial charge is 0.468 e. The molecule has 2 aliphatic rings. The lowest BCUT2D eigenvalue weighted by Gasteiger charge is -2.52. The first-order valence-corrected chi connectivity index (χ1v) is 8.32. The number of methoxy groups -OCH3 is 1. The minimum atomic E-state index is -0.324. The van der Waals surface area contributed by atoms with E-state index in [0.29, 0.717) is 0 Å². The maximum absolute atomic E-state index is 12.5. The minimum Gasteiger partial charge on any atom is -0.468 e. The van der Waals surface area contributed by atoms with Crippen LogP contribution in [0.1, 0.15) is 24.4 Å². The lowest BCUT2D eigenvalue weighted by atomic mass is 9.85. The van der Waals surface area contributed by atoms with Crippen LogP contribution in [0.4, 0.5) is 0 Å². The fourth-order valence-electron chi connectivity index (χ4n) is 3.85. The summed E-state index contributed by atoms with van der Waals surface area (Å²) in [5.74, 6) is -0.178. The average molecular weight is 318 g/mol. The Morgan fingerprint density at radius 3 is 2.57 bits per heavy atom. The summed E-state index contributed by atoms with van der Waals surface area (Å²) < 4.78 is 10.7. The Hall–Kier alpha value is -1.43. The number of piperazine rings is 1. The molecule has 0 radical (unpaired) electrons. The van der Waals surface area contributed by atoms with Gasteiger partial charge < -0.3 is 9.47 Å². The van der Waals surface area contributed by atoms with Gasteiger partial charge in [0.1, 0.15) is 6.04 Å². The van der Waals surface area contributed by atoms with Crippen molar-refractivity contribution in [2.45, 2.75) is 24.4 Å². The molecule has 0 N–H and O–H groups in total. The highest BCUT2D eigenvalue weighted by Gasteiger charge is 2.44. The van der Waals surface area contributed by atoms with E-state index in [-0.39, 0.29) is 17.6 Å². The molecule has 0 aliphatic carbocycles. The van der Waals surface area contributed by atoms with E-state index in [9.17, 15) is 4.79 Å². The fraction of sp³-hybridized carbons (Fsp3) is 0.611. The summed E-state index contributed by atoms with van der Waals surface area (Å²) >= 11 is 0. The van der Waals surface area contributed by atoms with E-state index in [1.54, 1.807) is 0 Å². The highest BCUT2D eigenvalue weighted by Crippen LogP contribution is 2.34. The van der Waals surface area contributed by atoms with Crippen LogP contribution in [0.5, 0.6) is 0 Å². The van der Waals surface area contributed by atoms with Gasteiger partial charge in [0, 0.05) is 38.4 Å². The topological polar surface area (TPSA) is 42.0 Å². The Bertz CT molecular complexity index is 528. The van der Waals surface area contributed by atoms with Gasteiger partial charge in [0.2, 0.25) is 0 Å². The molecule has 23 heavy (non-hydrogen) atoms. The molecule has 1 atom stereocenters. The molecule has 0 aromatic heterocycles. The van der Waals surface area contributed by atoms with Crippen LogP contribution in [0.25, 0.3) is 0 Å². The molecule has 3 rings (SSSR count). The first-order chi connectivity index (χ1) is 11.2. The fourth-order valence-corrected chi connectivity index (χ4v) is 3.85. The standard InChI is InChI=1S/C18H26N2O3/c1-19-10-11-20(14-18(19)8-12-23-13-9-18)16(17(21)22-2)15-6-4-3-5-7-15/h3-7,16H,8-14H2,1-2H3. The molecule has 5 heteroatoms. The molecule has 126 valence electrons. The van der Waals surface area contributed by atoms with Crippen molar-refractivity contribution in [3.8, 4) is 0 Å². The van der Waals surface area contributed by atoms with Crippen molar-refractivity contribution in [2.24, 2.45) is 0 Å². The van der Waals surface area contributed by atoms with Crippen LogP contribution in [-0.4, -0.2) is 68.3 Å². The van der Waals surface area contributed by atoms with Gasteiger partial charge in [-0.1, -0.05) is 30.3 Å². The van der Waals surface area contributed by atoms with E-state index in [1.165, 1.54) is 7.11 Å². The number of carbonyl (C=O) groups is 1. The SMILES string of the molecule is COC(=O)C(c1ccccc1)N1CCN(C)C2(CCOCC2)C1. The van der Waals surface area contributed by atoms with Crippen molar-refractivity contribution in [1.29, 1.82) is 0 Å². The normalized spacial score (nSPS) is 23.6. The average Bonchev–Trinajstić information content (AvgIpc) is 2.60. The number of ether oxygens (including phenoxy) is 2. The van der Waals surface area contributed by atoms with E-state index in [4.69, 9.17) is 9.47 Å². The van der Waals surface area contributed by atoms with E-state index in [0.717, 1.165) is 51.3 Å². The van der Waals surface area contributed by atoms with Gasteiger partial charge >= 0.3 is 5.97 Å². The summed E-state index contributed by atoms with van der Waals surface area (Å²) in [6, 6.07) is 9.63. The molecule has 2 saturated heterocycles. The third kappa shape index (κ3) is 3.27. The Labute approximate surface area is 138 Å². The Balaban J connectivity index is 1.86. The second-order valence-electron chi connectivity index (χ2n) is 6.57. The molecule has 2 fully saturated rings. The molecular weight excluding hydrogens is 292 g/mol. The van der Waals surface area contributed by atoms with Crippen LogP contribution in [-0.2, 0) is 14.3 Å².